The SMILES string of the molecule is Cc1ccc(O[C@@H](C)C(=O)Nc2cccc(I)c2)cc1. The van der Waals surface area contributed by atoms with Gasteiger partial charge in [0.2, 0.25) is 0 Å². The number of halogens is 1. The summed E-state index contributed by atoms with van der Waals surface area (Å²) < 4.78 is 6.70. The molecule has 1 amide bonds. The van der Waals surface area contributed by atoms with E-state index in [0.717, 1.165) is 14.8 Å². The Morgan fingerprint density at radius 1 is 1.20 bits per heavy atom. The molecule has 0 aliphatic rings. The number of benzene rings is 2. The Morgan fingerprint density at radius 3 is 2.55 bits per heavy atom. The molecule has 0 heterocycles. The molecule has 2 rings (SSSR count). The van der Waals surface area contributed by atoms with Crippen molar-refractivity contribution >= 4 is 34.2 Å². The van der Waals surface area contributed by atoms with Crippen LogP contribution in [-0.4, -0.2) is 12.0 Å². The lowest BCUT2D eigenvalue weighted by Gasteiger charge is -2.15. The predicted octanol–water partition coefficient (Wildman–Crippen LogP) is 4.01. The summed E-state index contributed by atoms with van der Waals surface area (Å²) in [6, 6.07) is 15.3. The minimum Gasteiger partial charge on any atom is -0.481 e. The molecule has 0 fully saturated rings. The average Bonchev–Trinajstić information content (AvgIpc) is 2.41. The van der Waals surface area contributed by atoms with Crippen LogP contribution in [0.3, 0.4) is 0 Å². The van der Waals surface area contributed by atoms with Crippen LogP contribution >= 0.6 is 22.6 Å². The summed E-state index contributed by atoms with van der Waals surface area (Å²) >= 11 is 2.21. The molecular weight excluding hydrogens is 365 g/mol. The van der Waals surface area contributed by atoms with Gasteiger partial charge in [0.15, 0.2) is 6.10 Å². The van der Waals surface area contributed by atoms with Crippen molar-refractivity contribution in [3.8, 4) is 5.75 Å². The summed E-state index contributed by atoms with van der Waals surface area (Å²) in [5.41, 5.74) is 1.94. The lowest BCUT2D eigenvalue weighted by atomic mass is 10.2. The van der Waals surface area contributed by atoms with E-state index in [0.29, 0.717) is 5.75 Å². The van der Waals surface area contributed by atoms with Crippen molar-refractivity contribution in [1.82, 2.24) is 0 Å². The van der Waals surface area contributed by atoms with Gasteiger partial charge in [-0.1, -0.05) is 23.8 Å². The summed E-state index contributed by atoms with van der Waals surface area (Å²) in [5.74, 6) is 0.536. The van der Waals surface area contributed by atoms with E-state index in [2.05, 4.69) is 27.9 Å². The molecule has 3 nitrogen and oxygen atoms in total. The molecule has 0 saturated carbocycles. The highest BCUT2D eigenvalue weighted by Crippen LogP contribution is 2.15. The largest absolute Gasteiger partial charge is 0.481 e. The van der Waals surface area contributed by atoms with Gasteiger partial charge < -0.3 is 10.1 Å². The maximum Gasteiger partial charge on any atom is 0.265 e. The molecule has 0 aromatic heterocycles. The number of rotatable bonds is 4. The quantitative estimate of drug-likeness (QED) is 0.813. The molecule has 4 heteroatoms. The fourth-order valence-corrected chi connectivity index (χ4v) is 2.23. The Morgan fingerprint density at radius 2 is 1.90 bits per heavy atom. The maximum absolute atomic E-state index is 12.1. The number of anilines is 1. The van der Waals surface area contributed by atoms with E-state index in [1.54, 1.807) is 6.92 Å². The monoisotopic (exact) mass is 381 g/mol. The van der Waals surface area contributed by atoms with E-state index in [1.807, 2.05) is 55.5 Å². The summed E-state index contributed by atoms with van der Waals surface area (Å²) in [5, 5.41) is 2.85. The molecule has 0 unspecified atom stereocenters. The second-order valence-electron chi connectivity index (χ2n) is 4.57. The topological polar surface area (TPSA) is 38.3 Å². The van der Waals surface area contributed by atoms with Crippen LogP contribution in [0.4, 0.5) is 5.69 Å². The normalized spacial score (nSPS) is 11.8. The first kappa shape index (κ1) is 14.8. The van der Waals surface area contributed by atoms with Crippen molar-refractivity contribution < 1.29 is 9.53 Å². The highest BCUT2D eigenvalue weighted by Gasteiger charge is 2.14. The summed E-state index contributed by atoms with van der Waals surface area (Å²) in [6.07, 6.45) is -0.546. The van der Waals surface area contributed by atoms with Crippen molar-refractivity contribution in [3.05, 3.63) is 57.7 Å². The molecule has 1 atom stereocenters. The molecule has 0 spiro atoms. The van der Waals surface area contributed by atoms with Crippen molar-refractivity contribution in [1.29, 1.82) is 0 Å². The second-order valence-corrected chi connectivity index (χ2v) is 5.82. The van der Waals surface area contributed by atoms with E-state index in [4.69, 9.17) is 4.74 Å². The molecule has 0 bridgehead atoms. The van der Waals surface area contributed by atoms with E-state index >= 15 is 0 Å². The second kappa shape index (κ2) is 6.74. The Labute approximate surface area is 132 Å². The number of hydrogen-bond acceptors (Lipinski definition) is 2. The number of hydrogen-bond donors (Lipinski definition) is 1. The minimum absolute atomic E-state index is 0.160. The lowest BCUT2D eigenvalue weighted by Crippen LogP contribution is -2.30. The molecule has 1 N–H and O–H groups in total. The van der Waals surface area contributed by atoms with Crippen LogP contribution in [-0.2, 0) is 4.79 Å². The van der Waals surface area contributed by atoms with E-state index in [-0.39, 0.29) is 5.91 Å². The zero-order valence-corrected chi connectivity index (χ0v) is 13.5. The van der Waals surface area contributed by atoms with Gasteiger partial charge in [-0.2, -0.15) is 0 Å². The first-order chi connectivity index (χ1) is 9.54. The van der Waals surface area contributed by atoms with Crippen LogP contribution in [0.15, 0.2) is 48.5 Å². The van der Waals surface area contributed by atoms with Crippen LogP contribution in [0.25, 0.3) is 0 Å². The Balaban J connectivity index is 1.96. The smallest absolute Gasteiger partial charge is 0.265 e. The average molecular weight is 381 g/mol. The van der Waals surface area contributed by atoms with Crippen LogP contribution in [0.5, 0.6) is 5.75 Å². The highest BCUT2D eigenvalue weighted by molar-refractivity contribution is 14.1. The number of ether oxygens (including phenoxy) is 1. The van der Waals surface area contributed by atoms with Gasteiger partial charge in [0, 0.05) is 9.26 Å². The Kier molecular flexibility index (Phi) is 5.00. The van der Waals surface area contributed by atoms with Crippen LogP contribution < -0.4 is 10.1 Å². The number of nitrogens with one attached hydrogen (secondary N) is 1. The van der Waals surface area contributed by atoms with E-state index in [1.165, 1.54) is 0 Å². The summed E-state index contributed by atoms with van der Waals surface area (Å²) in [6.45, 7) is 3.75. The van der Waals surface area contributed by atoms with Crippen molar-refractivity contribution in [2.45, 2.75) is 20.0 Å². The van der Waals surface area contributed by atoms with Gasteiger partial charge in [-0.25, -0.2) is 0 Å². The number of carbonyl (C=O) groups excluding carboxylic acids is 1. The van der Waals surface area contributed by atoms with Gasteiger partial charge in [-0.3, -0.25) is 4.79 Å². The molecular formula is C16H16INO2. The first-order valence-electron chi connectivity index (χ1n) is 6.34. The van der Waals surface area contributed by atoms with Gasteiger partial charge in [0.05, 0.1) is 0 Å². The van der Waals surface area contributed by atoms with E-state index < -0.39 is 6.10 Å². The van der Waals surface area contributed by atoms with Crippen molar-refractivity contribution in [2.24, 2.45) is 0 Å². The van der Waals surface area contributed by atoms with Gasteiger partial charge in [0.25, 0.3) is 5.91 Å². The lowest BCUT2D eigenvalue weighted by molar-refractivity contribution is -0.122. The van der Waals surface area contributed by atoms with Crippen LogP contribution in [0, 0.1) is 10.5 Å². The third-order valence-corrected chi connectivity index (χ3v) is 3.47. The number of carbonyl (C=O) groups is 1. The summed E-state index contributed by atoms with van der Waals surface area (Å²) in [4.78, 5) is 12.1. The number of amides is 1. The molecule has 0 aliphatic heterocycles. The molecule has 104 valence electrons. The Bertz CT molecular complexity index is 596. The molecule has 0 aliphatic carbocycles. The van der Waals surface area contributed by atoms with Crippen LogP contribution in [0.1, 0.15) is 12.5 Å². The summed E-state index contributed by atoms with van der Waals surface area (Å²) in [7, 11) is 0. The Hall–Kier alpha value is -1.56. The van der Waals surface area contributed by atoms with Crippen LogP contribution in [0.2, 0.25) is 0 Å². The molecule has 20 heavy (non-hydrogen) atoms. The van der Waals surface area contributed by atoms with Gasteiger partial charge in [-0.05, 0) is 66.8 Å². The molecule has 2 aromatic rings. The zero-order valence-electron chi connectivity index (χ0n) is 11.4. The van der Waals surface area contributed by atoms with Gasteiger partial charge in [-0.15, -0.1) is 0 Å². The maximum atomic E-state index is 12.1. The van der Waals surface area contributed by atoms with Crippen molar-refractivity contribution in [2.75, 3.05) is 5.32 Å². The van der Waals surface area contributed by atoms with Crippen molar-refractivity contribution in [3.63, 3.8) is 0 Å². The first-order valence-corrected chi connectivity index (χ1v) is 7.42. The standard InChI is InChI=1S/C16H16INO2/c1-11-6-8-15(9-7-11)20-12(2)16(19)18-14-5-3-4-13(17)10-14/h3-10,12H,1-2H3,(H,18,19)/t12-/m0/s1. The minimum atomic E-state index is -0.546. The molecule has 0 radical (unpaired) electrons. The number of aryl methyl sites for hydroxylation is 1. The van der Waals surface area contributed by atoms with E-state index in [9.17, 15) is 4.79 Å². The molecule has 2 aromatic carbocycles. The van der Waals surface area contributed by atoms with Gasteiger partial charge in [0.1, 0.15) is 5.75 Å². The van der Waals surface area contributed by atoms with Gasteiger partial charge >= 0.3 is 0 Å². The molecule has 0 saturated heterocycles. The predicted molar refractivity (Wildman–Crippen MR) is 89.1 cm³/mol. The third kappa shape index (κ3) is 4.23. The third-order valence-electron chi connectivity index (χ3n) is 2.80. The zero-order chi connectivity index (χ0) is 14.5. The fourth-order valence-electron chi connectivity index (χ4n) is 1.68. The fraction of sp³-hybridized carbons (Fsp3) is 0.188. The highest BCUT2D eigenvalue weighted by atomic mass is 127.